The first kappa shape index (κ1) is 11.3. The van der Waals surface area contributed by atoms with Crippen LogP contribution in [0.3, 0.4) is 0 Å². The van der Waals surface area contributed by atoms with Gasteiger partial charge in [-0.1, -0.05) is 54.6 Å². The Bertz CT molecular complexity index is 901. The summed E-state index contributed by atoms with van der Waals surface area (Å²) in [5.74, 6) is 0. The van der Waals surface area contributed by atoms with Gasteiger partial charge in [-0.3, -0.25) is 0 Å². The van der Waals surface area contributed by atoms with Crippen molar-refractivity contribution in [2.75, 3.05) is 0 Å². The second kappa shape index (κ2) is 4.24. The van der Waals surface area contributed by atoms with Crippen LogP contribution in [-0.4, -0.2) is 0 Å². The molecule has 1 heterocycles. The molecule has 4 aromatic rings. The van der Waals surface area contributed by atoms with Gasteiger partial charge in [-0.15, -0.1) is 0 Å². The SMILES string of the molecule is Cc1cc(-c2ccccc2)cc2oc3ccccc3c12. The van der Waals surface area contributed by atoms with Gasteiger partial charge in [-0.05, 0) is 35.7 Å². The summed E-state index contributed by atoms with van der Waals surface area (Å²) in [7, 11) is 0. The average Bonchev–Trinajstić information content (AvgIpc) is 2.87. The van der Waals surface area contributed by atoms with Crippen LogP contribution in [0, 0.1) is 6.92 Å². The maximum absolute atomic E-state index is 6.00. The quantitative estimate of drug-likeness (QED) is 0.435. The first-order valence-electron chi connectivity index (χ1n) is 6.80. The van der Waals surface area contributed by atoms with Crippen LogP contribution in [0.4, 0.5) is 0 Å². The van der Waals surface area contributed by atoms with Gasteiger partial charge in [0.2, 0.25) is 0 Å². The van der Waals surface area contributed by atoms with Gasteiger partial charge in [0.15, 0.2) is 0 Å². The van der Waals surface area contributed by atoms with Crippen LogP contribution in [-0.2, 0) is 0 Å². The van der Waals surface area contributed by atoms with Gasteiger partial charge in [0.1, 0.15) is 11.2 Å². The van der Waals surface area contributed by atoms with Gasteiger partial charge >= 0.3 is 0 Å². The molecule has 1 aromatic heterocycles. The zero-order valence-corrected chi connectivity index (χ0v) is 11.3. The molecule has 4 rings (SSSR count). The minimum absolute atomic E-state index is 0.954. The molecule has 96 valence electrons. The predicted octanol–water partition coefficient (Wildman–Crippen LogP) is 5.56. The third kappa shape index (κ3) is 1.64. The van der Waals surface area contributed by atoms with Crippen molar-refractivity contribution >= 4 is 21.9 Å². The molecule has 0 aliphatic carbocycles. The zero-order valence-electron chi connectivity index (χ0n) is 11.3. The smallest absolute Gasteiger partial charge is 0.136 e. The van der Waals surface area contributed by atoms with E-state index in [4.69, 9.17) is 4.42 Å². The van der Waals surface area contributed by atoms with Crippen molar-refractivity contribution in [1.29, 1.82) is 0 Å². The fourth-order valence-electron chi connectivity index (χ4n) is 2.86. The lowest BCUT2D eigenvalue weighted by Crippen LogP contribution is -1.80. The minimum Gasteiger partial charge on any atom is -0.456 e. The van der Waals surface area contributed by atoms with Crippen molar-refractivity contribution in [2.45, 2.75) is 6.92 Å². The number of para-hydroxylation sites is 1. The molecule has 0 aliphatic rings. The molecule has 0 unspecified atom stereocenters. The molecule has 0 amide bonds. The molecule has 1 nitrogen and oxygen atoms in total. The third-order valence-electron chi connectivity index (χ3n) is 3.78. The van der Waals surface area contributed by atoms with Crippen LogP contribution < -0.4 is 0 Å². The van der Waals surface area contributed by atoms with E-state index in [9.17, 15) is 0 Å². The standard InChI is InChI=1S/C19H14O/c1-13-11-15(14-7-3-2-4-8-14)12-18-19(13)16-9-5-6-10-17(16)20-18/h2-12H,1H3. The molecule has 0 atom stereocenters. The fraction of sp³-hybridized carbons (Fsp3) is 0.0526. The summed E-state index contributed by atoms with van der Waals surface area (Å²) in [5, 5.41) is 2.42. The van der Waals surface area contributed by atoms with Crippen molar-refractivity contribution in [2.24, 2.45) is 0 Å². The van der Waals surface area contributed by atoms with Crippen molar-refractivity contribution in [1.82, 2.24) is 0 Å². The summed E-state index contributed by atoms with van der Waals surface area (Å²) in [6, 6.07) is 23.0. The van der Waals surface area contributed by atoms with Crippen LogP contribution in [0.5, 0.6) is 0 Å². The number of hydrogen-bond acceptors (Lipinski definition) is 1. The second-order valence-electron chi connectivity index (χ2n) is 5.13. The Hall–Kier alpha value is -2.54. The van der Waals surface area contributed by atoms with Gasteiger partial charge < -0.3 is 4.42 Å². The first-order chi connectivity index (χ1) is 9.83. The van der Waals surface area contributed by atoms with Crippen LogP contribution in [0.15, 0.2) is 71.1 Å². The summed E-state index contributed by atoms with van der Waals surface area (Å²) in [6.07, 6.45) is 0. The first-order valence-corrected chi connectivity index (χ1v) is 6.80. The van der Waals surface area contributed by atoms with E-state index < -0.39 is 0 Å². The third-order valence-corrected chi connectivity index (χ3v) is 3.78. The second-order valence-corrected chi connectivity index (χ2v) is 5.13. The largest absolute Gasteiger partial charge is 0.456 e. The maximum Gasteiger partial charge on any atom is 0.136 e. The molecule has 0 spiro atoms. The van der Waals surface area contributed by atoms with E-state index in [0.717, 1.165) is 11.2 Å². The van der Waals surface area contributed by atoms with Crippen molar-refractivity contribution in [3.8, 4) is 11.1 Å². The molecule has 3 aromatic carbocycles. The topological polar surface area (TPSA) is 13.1 Å². The normalized spacial score (nSPS) is 11.2. The number of hydrogen-bond donors (Lipinski definition) is 0. The van der Waals surface area contributed by atoms with Gasteiger partial charge in [-0.2, -0.15) is 0 Å². The summed E-state index contributed by atoms with van der Waals surface area (Å²) in [5.41, 5.74) is 5.60. The summed E-state index contributed by atoms with van der Waals surface area (Å²) in [4.78, 5) is 0. The van der Waals surface area contributed by atoms with E-state index in [1.165, 1.54) is 27.5 Å². The van der Waals surface area contributed by atoms with Crippen LogP contribution in [0.2, 0.25) is 0 Å². The fourth-order valence-corrected chi connectivity index (χ4v) is 2.86. The number of aryl methyl sites for hydroxylation is 1. The molecule has 0 saturated carbocycles. The monoisotopic (exact) mass is 258 g/mol. The minimum atomic E-state index is 0.954. The molecular weight excluding hydrogens is 244 g/mol. The van der Waals surface area contributed by atoms with E-state index in [1.54, 1.807) is 0 Å². The molecule has 0 N–H and O–H groups in total. The van der Waals surface area contributed by atoms with Gasteiger partial charge in [-0.25, -0.2) is 0 Å². The van der Waals surface area contributed by atoms with Crippen LogP contribution >= 0.6 is 0 Å². The van der Waals surface area contributed by atoms with E-state index in [1.807, 2.05) is 18.2 Å². The van der Waals surface area contributed by atoms with Crippen molar-refractivity contribution in [3.05, 3.63) is 72.3 Å². The lowest BCUT2D eigenvalue weighted by molar-refractivity contribution is 0.669. The highest BCUT2D eigenvalue weighted by Gasteiger charge is 2.10. The van der Waals surface area contributed by atoms with Gasteiger partial charge in [0.05, 0.1) is 0 Å². The molecule has 0 aliphatic heterocycles. The molecule has 0 fully saturated rings. The Kier molecular flexibility index (Phi) is 2.40. The Morgan fingerprint density at radius 2 is 1.45 bits per heavy atom. The highest BCUT2D eigenvalue weighted by atomic mass is 16.3. The molecule has 1 heteroatoms. The van der Waals surface area contributed by atoms with E-state index in [2.05, 4.69) is 55.5 Å². The summed E-state index contributed by atoms with van der Waals surface area (Å²) < 4.78 is 6.00. The lowest BCUT2D eigenvalue weighted by atomic mass is 10.00. The average molecular weight is 258 g/mol. The van der Waals surface area contributed by atoms with Crippen LogP contribution in [0.1, 0.15) is 5.56 Å². The highest BCUT2D eigenvalue weighted by molar-refractivity contribution is 6.07. The Balaban J connectivity index is 2.06. The Morgan fingerprint density at radius 1 is 0.700 bits per heavy atom. The number of fused-ring (bicyclic) bond motifs is 3. The molecule has 20 heavy (non-hydrogen) atoms. The molecule has 0 saturated heterocycles. The van der Waals surface area contributed by atoms with E-state index in [-0.39, 0.29) is 0 Å². The Morgan fingerprint density at radius 3 is 2.30 bits per heavy atom. The van der Waals surface area contributed by atoms with Crippen molar-refractivity contribution in [3.63, 3.8) is 0 Å². The zero-order chi connectivity index (χ0) is 13.5. The van der Waals surface area contributed by atoms with Crippen molar-refractivity contribution < 1.29 is 4.42 Å². The van der Waals surface area contributed by atoms with Gasteiger partial charge in [0.25, 0.3) is 0 Å². The number of benzene rings is 3. The molecule has 0 bridgehead atoms. The molecule has 0 radical (unpaired) electrons. The summed E-state index contributed by atoms with van der Waals surface area (Å²) in [6.45, 7) is 2.15. The maximum atomic E-state index is 6.00. The number of rotatable bonds is 1. The van der Waals surface area contributed by atoms with Crippen LogP contribution in [0.25, 0.3) is 33.1 Å². The predicted molar refractivity (Wildman–Crippen MR) is 83.9 cm³/mol. The lowest BCUT2D eigenvalue weighted by Gasteiger charge is -2.04. The Labute approximate surface area is 117 Å². The van der Waals surface area contributed by atoms with E-state index >= 15 is 0 Å². The van der Waals surface area contributed by atoms with Gasteiger partial charge in [0, 0.05) is 10.8 Å². The van der Waals surface area contributed by atoms with E-state index in [0.29, 0.717) is 0 Å². The summed E-state index contributed by atoms with van der Waals surface area (Å²) >= 11 is 0. The molecular formula is C19H14O. The number of furan rings is 1. The highest BCUT2D eigenvalue weighted by Crippen LogP contribution is 2.34.